The number of halogens is 2. The molecule has 0 bridgehead atoms. The number of carbonyl (C=O) groups is 1. The number of amides is 1. The molecule has 9 heteroatoms. The van der Waals surface area contributed by atoms with Gasteiger partial charge in [0.1, 0.15) is 4.34 Å². The van der Waals surface area contributed by atoms with E-state index in [-0.39, 0.29) is 19.0 Å². The summed E-state index contributed by atoms with van der Waals surface area (Å²) in [6.45, 7) is 4.77. The molecule has 140 valence electrons. The highest BCUT2D eigenvalue weighted by Crippen LogP contribution is 2.32. The van der Waals surface area contributed by atoms with E-state index in [2.05, 4.69) is 0 Å². The van der Waals surface area contributed by atoms with E-state index in [4.69, 9.17) is 23.2 Å². The molecule has 1 aliphatic rings. The van der Waals surface area contributed by atoms with E-state index < -0.39 is 10.0 Å². The fraction of sp³-hybridized carbons (Fsp3) is 0.353. The lowest BCUT2D eigenvalue weighted by Crippen LogP contribution is -2.50. The number of aryl methyl sites for hydroxylation is 2. The number of benzene rings is 1. The van der Waals surface area contributed by atoms with Gasteiger partial charge in [0.25, 0.3) is 5.91 Å². The molecule has 0 atom stereocenters. The van der Waals surface area contributed by atoms with Crippen molar-refractivity contribution in [3.05, 3.63) is 49.6 Å². The molecule has 0 aliphatic carbocycles. The lowest BCUT2D eigenvalue weighted by Gasteiger charge is -2.34. The highest BCUT2D eigenvalue weighted by molar-refractivity contribution is 7.89. The Morgan fingerprint density at radius 2 is 1.73 bits per heavy atom. The molecule has 1 saturated heterocycles. The van der Waals surface area contributed by atoms with Gasteiger partial charge >= 0.3 is 0 Å². The fourth-order valence-corrected chi connectivity index (χ4v) is 6.09. The van der Waals surface area contributed by atoms with Crippen molar-refractivity contribution < 1.29 is 13.2 Å². The van der Waals surface area contributed by atoms with E-state index in [1.807, 2.05) is 19.1 Å². The summed E-state index contributed by atoms with van der Waals surface area (Å²) in [6.07, 6.45) is 0. The summed E-state index contributed by atoms with van der Waals surface area (Å²) in [7, 11) is -3.58. The maximum absolute atomic E-state index is 12.9. The molecular formula is C17H18Cl2N2O3S2. The van der Waals surface area contributed by atoms with Crippen molar-refractivity contribution >= 4 is 50.5 Å². The Balaban J connectivity index is 1.75. The number of carbonyl (C=O) groups excluding carboxylic acids is 1. The van der Waals surface area contributed by atoms with Gasteiger partial charge in [-0.1, -0.05) is 35.3 Å². The average Bonchev–Trinajstić information content (AvgIpc) is 2.94. The molecule has 5 nitrogen and oxygen atoms in total. The van der Waals surface area contributed by atoms with Crippen molar-refractivity contribution in [3.8, 4) is 0 Å². The van der Waals surface area contributed by atoms with E-state index >= 15 is 0 Å². The topological polar surface area (TPSA) is 57.7 Å². The summed E-state index contributed by atoms with van der Waals surface area (Å²) in [5.74, 6) is -0.220. The number of piperazine rings is 1. The van der Waals surface area contributed by atoms with Crippen LogP contribution in [0.25, 0.3) is 0 Å². The second kappa shape index (κ2) is 7.48. The number of thiophene rings is 1. The molecule has 0 N–H and O–H groups in total. The molecule has 0 saturated carbocycles. The minimum absolute atomic E-state index is 0.220. The van der Waals surface area contributed by atoms with Gasteiger partial charge in [0.05, 0.1) is 14.8 Å². The van der Waals surface area contributed by atoms with Crippen LogP contribution in [0.2, 0.25) is 8.67 Å². The van der Waals surface area contributed by atoms with Crippen molar-refractivity contribution in [2.24, 2.45) is 0 Å². The monoisotopic (exact) mass is 432 g/mol. The molecule has 0 unspecified atom stereocenters. The maximum Gasteiger partial charge on any atom is 0.256 e. The number of sulfonamides is 1. The summed E-state index contributed by atoms with van der Waals surface area (Å²) in [4.78, 5) is 14.5. The minimum atomic E-state index is -3.58. The van der Waals surface area contributed by atoms with Crippen LogP contribution in [0, 0.1) is 13.8 Å². The zero-order valence-corrected chi connectivity index (χ0v) is 17.5. The van der Waals surface area contributed by atoms with E-state index in [1.165, 1.54) is 4.31 Å². The van der Waals surface area contributed by atoms with E-state index in [0.717, 1.165) is 16.9 Å². The quantitative estimate of drug-likeness (QED) is 0.740. The number of hydrogen-bond acceptors (Lipinski definition) is 4. The zero-order chi connectivity index (χ0) is 19.1. The molecule has 26 heavy (non-hydrogen) atoms. The lowest BCUT2D eigenvalue weighted by molar-refractivity contribution is 0.0698. The number of hydrogen-bond donors (Lipinski definition) is 0. The summed E-state index contributed by atoms with van der Waals surface area (Å²) in [5.41, 5.74) is 1.98. The third-order valence-corrected chi connectivity index (χ3v) is 7.90. The van der Waals surface area contributed by atoms with Gasteiger partial charge in [0.15, 0.2) is 0 Å². The Bertz CT molecular complexity index is 949. The number of rotatable bonds is 3. The van der Waals surface area contributed by atoms with Crippen LogP contribution in [0.4, 0.5) is 0 Å². The Kier molecular flexibility index (Phi) is 5.65. The average molecular weight is 433 g/mol. The molecule has 3 rings (SSSR count). The van der Waals surface area contributed by atoms with Crippen molar-refractivity contribution in [2.75, 3.05) is 26.2 Å². The van der Waals surface area contributed by atoms with Crippen LogP contribution in [0.5, 0.6) is 0 Å². The van der Waals surface area contributed by atoms with Gasteiger partial charge in [-0.15, -0.1) is 11.3 Å². The Morgan fingerprint density at radius 1 is 1.08 bits per heavy atom. The predicted molar refractivity (Wildman–Crippen MR) is 105 cm³/mol. The second-order valence-corrected chi connectivity index (χ2v) is 10.4. The highest BCUT2D eigenvalue weighted by Gasteiger charge is 2.32. The van der Waals surface area contributed by atoms with Gasteiger partial charge < -0.3 is 4.90 Å². The molecule has 1 aromatic carbocycles. The second-order valence-electron chi connectivity index (χ2n) is 6.20. The Labute approximate surface area is 167 Å². The number of nitrogens with zero attached hydrogens (tertiary/aromatic N) is 2. The molecule has 1 amide bonds. The van der Waals surface area contributed by atoms with Crippen LogP contribution in [0.3, 0.4) is 0 Å². The van der Waals surface area contributed by atoms with E-state index in [0.29, 0.717) is 37.8 Å². The van der Waals surface area contributed by atoms with Crippen LogP contribution in [0.1, 0.15) is 21.5 Å². The third kappa shape index (κ3) is 3.77. The van der Waals surface area contributed by atoms with Gasteiger partial charge in [-0.25, -0.2) is 8.42 Å². The van der Waals surface area contributed by atoms with Gasteiger partial charge in [0, 0.05) is 26.2 Å². The SMILES string of the molecule is Cc1ccc(C)c(S(=O)(=O)N2CCN(C(=O)c3cc(Cl)sc3Cl)CC2)c1. The maximum atomic E-state index is 12.9. The highest BCUT2D eigenvalue weighted by atomic mass is 35.5. The third-order valence-electron chi connectivity index (χ3n) is 4.37. The molecule has 2 heterocycles. The molecule has 0 spiro atoms. The molecule has 1 fully saturated rings. The minimum Gasteiger partial charge on any atom is -0.336 e. The van der Waals surface area contributed by atoms with Crippen LogP contribution in [-0.2, 0) is 10.0 Å². The smallest absolute Gasteiger partial charge is 0.256 e. The first-order valence-corrected chi connectivity index (χ1v) is 11.0. The first-order valence-electron chi connectivity index (χ1n) is 8.01. The van der Waals surface area contributed by atoms with Crippen LogP contribution in [0.15, 0.2) is 29.2 Å². The Hall–Kier alpha value is -1.12. The normalized spacial score (nSPS) is 16.1. The van der Waals surface area contributed by atoms with Crippen LogP contribution in [-0.4, -0.2) is 49.7 Å². The molecule has 2 aromatic rings. The lowest BCUT2D eigenvalue weighted by atomic mass is 10.2. The molecule has 0 radical (unpaired) electrons. The van der Waals surface area contributed by atoms with Crippen LogP contribution >= 0.6 is 34.5 Å². The van der Waals surface area contributed by atoms with E-state index in [1.54, 1.807) is 24.0 Å². The first kappa shape index (κ1) is 19.6. The summed E-state index contributed by atoms with van der Waals surface area (Å²) < 4.78 is 28.1. The largest absolute Gasteiger partial charge is 0.336 e. The van der Waals surface area contributed by atoms with E-state index in [9.17, 15) is 13.2 Å². The standard InChI is InChI=1S/C17H18Cl2N2O3S2/c1-11-3-4-12(2)14(9-11)26(23,24)21-7-5-20(6-8-21)17(22)13-10-15(18)25-16(13)19/h3-4,9-10H,5-8H2,1-2H3. The van der Waals surface area contributed by atoms with Gasteiger partial charge in [0.2, 0.25) is 10.0 Å². The van der Waals surface area contributed by atoms with Crippen molar-refractivity contribution in [2.45, 2.75) is 18.7 Å². The van der Waals surface area contributed by atoms with Gasteiger partial charge in [-0.2, -0.15) is 4.31 Å². The van der Waals surface area contributed by atoms with Crippen molar-refractivity contribution in [1.82, 2.24) is 9.21 Å². The van der Waals surface area contributed by atoms with Gasteiger partial charge in [-0.3, -0.25) is 4.79 Å². The van der Waals surface area contributed by atoms with Gasteiger partial charge in [-0.05, 0) is 37.1 Å². The fourth-order valence-electron chi connectivity index (χ4n) is 2.91. The zero-order valence-electron chi connectivity index (χ0n) is 14.3. The summed E-state index contributed by atoms with van der Waals surface area (Å²) >= 11 is 13.1. The molecule has 1 aromatic heterocycles. The summed E-state index contributed by atoms with van der Waals surface area (Å²) in [6, 6.07) is 6.94. The first-order chi connectivity index (χ1) is 12.2. The molecule has 1 aliphatic heterocycles. The summed E-state index contributed by atoms with van der Waals surface area (Å²) in [5, 5.41) is 0. The van der Waals surface area contributed by atoms with Crippen molar-refractivity contribution in [3.63, 3.8) is 0 Å². The molecular weight excluding hydrogens is 415 g/mol. The van der Waals surface area contributed by atoms with Crippen LogP contribution < -0.4 is 0 Å². The Morgan fingerprint density at radius 3 is 2.31 bits per heavy atom. The van der Waals surface area contributed by atoms with Crippen molar-refractivity contribution in [1.29, 1.82) is 0 Å². The predicted octanol–water partition coefficient (Wildman–Crippen LogP) is 3.82.